The summed E-state index contributed by atoms with van der Waals surface area (Å²) >= 11 is 6.53. The molecule has 10 heteroatoms. The van der Waals surface area contributed by atoms with Crippen molar-refractivity contribution in [2.45, 2.75) is 13.5 Å². The number of benzene rings is 1. The molecule has 0 aliphatic rings. The minimum absolute atomic E-state index is 0.0625. The van der Waals surface area contributed by atoms with E-state index in [1.54, 1.807) is 19.1 Å². The van der Waals surface area contributed by atoms with Gasteiger partial charge in [0.2, 0.25) is 5.75 Å². The molecule has 0 radical (unpaired) electrons. The van der Waals surface area contributed by atoms with Crippen LogP contribution in [0.2, 0.25) is 5.02 Å². The maximum atomic E-state index is 12.3. The van der Waals surface area contributed by atoms with Crippen molar-refractivity contribution in [2.75, 3.05) is 34.5 Å². The number of H-pyrrole nitrogens is 1. The van der Waals surface area contributed by atoms with Crippen LogP contribution in [0.5, 0.6) is 17.2 Å². The Labute approximate surface area is 172 Å². The number of halogens is 1. The fraction of sp³-hybridized carbons (Fsp3) is 0.368. The van der Waals surface area contributed by atoms with Crippen molar-refractivity contribution in [3.8, 4) is 28.4 Å². The minimum atomic E-state index is -1.02. The molecule has 0 amide bonds. The number of aliphatic carboxylic acids is 1. The Hall–Kier alpha value is -2.91. The smallest absolute Gasteiger partial charge is 0.356 e. The highest BCUT2D eigenvalue weighted by Gasteiger charge is 2.27. The third kappa shape index (κ3) is 4.75. The van der Waals surface area contributed by atoms with Crippen LogP contribution in [0, 0.1) is 0 Å². The van der Waals surface area contributed by atoms with Crippen molar-refractivity contribution in [2.24, 2.45) is 0 Å². The molecular weight excluding hydrogens is 404 g/mol. The maximum Gasteiger partial charge on any atom is 0.356 e. The summed E-state index contributed by atoms with van der Waals surface area (Å²) in [7, 11) is 4.44. The summed E-state index contributed by atoms with van der Waals surface area (Å²) < 4.78 is 21.3. The van der Waals surface area contributed by atoms with Crippen molar-refractivity contribution < 1.29 is 33.6 Å². The van der Waals surface area contributed by atoms with Crippen molar-refractivity contribution in [1.82, 2.24) is 10.3 Å². The number of carbonyl (C=O) groups is 2. The van der Waals surface area contributed by atoms with E-state index in [1.807, 2.05) is 0 Å². The Morgan fingerprint density at radius 2 is 1.83 bits per heavy atom. The number of carboxylic acids is 1. The molecule has 3 N–H and O–H groups in total. The topological polar surface area (TPSA) is 119 Å². The highest BCUT2D eigenvalue weighted by Crippen LogP contribution is 2.47. The average molecular weight is 427 g/mol. The minimum Gasteiger partial charge on any atom is -0.493 e. The number of carboxylic acid groups (broad SMARTS) is 1. The summed E-state index contributed by atoms with van der Waals surface area (Å²) in [5.74, 6) is -0.480. The van der Waals surface area contributed by atoms with Crippen LogP contribution in [0.1, 0.15) is 23.1 Å². The molecule has 9 nitrogen and oxygen atoms in total. The second kappa shape index (κ2) is 10.0. The summed E-state index contributed by atoms with van der Waals surface area (Å²) in [5.41, 5.74) is 1.55. The van der Waals surface area contributed by atoms with Crippen LogP contribution in [-0.4, -0.2) is 56.5 Å². The van der Waals surface area contributed by atoms with E-state index >= 15 is 0 Å². The summed E-state index contributed by atoms with van der Waals surface area (Å²) in [6.45, 7) is 1.70. The number of hydrogen-bond acceptors (Lipinski definition) is 7. The van der Waals surface area contributed by atoms with Crippen molar-refractivity contribution in [3.63, 3.8) is 0 Å². The monoisotopic (exact) mass is 426 g/mol. The summed E-state index contributed by atoms with van der Waals surface area (Å²) in [5, 5.41) is 11.8. The Morgan fingerprint density at radius 3 is 2.38 bits per heavy atom. The summed E-state index contributed by atoms with van der Waals surface area (Å²) in [6, 6.07) is 3.39. The Kier molecular flexibility index (Phi) is 7.74. The SMILES string of the molecule is CCOC(=O)c1[nH]c(CNCC(=O)O)c(-c2ccc(OC)c(OC)c2OC)c1Cl. The lowest BCUT2D eigenvalue weighted by Gasteiger charge is -2.16. The summed E-state index contributed by atoms with van der Waals surface area (Å²) in [4.78, 5) is 26.1. The predicted octanol–water partition coefficient (Wildman–Crippen LogP) is 2.71. The van der Waals surface area contributed by atoms with Crippen molar-refractivity contribution in [3.05, 3.63) is 28.5 Å². The molecule has 0 saturated carbocycles. The molecule has 29 heavy (non-hydrogen) atoms. The molecule has 1 aromatic heterocycles. The number of ether oxygens (including phenoxy) is 4. The van der Waals surface area contributed by atoms with E-state index in [0.29, 0.717) is 34.1 Å². The molecular formula is C19H23ClN2O7. The standard InChI is InChI=1S/C19H23ClN2O7/c1-5-29-19(25)16-15(20)14(11(22-16)8-21-9-13(23)24)10-6-7-12(26-2)18(28-4)17(10)27-3/h6-7,21-22H,5,8-9H2,1-4H3,(H,23,24). The predicted molar refractivity (Wildman–Crippen MR) is 106 cm³/mol. The van der Waals surface area contributed by atoms with Gasteiger partial charge in [-0.2, -0.15) is 0 Å². The molecule has 1 aromatic carbocycles. The molecule has 0 aliphatic heterocycles. The fourth-order valence-electron chi connectivity index (χ4n) is 2.88. The van der Waals surface area contributed by atoms with Crippen LogP contribution in [0.4, 0.5) is 0 Å². The number of aromatic nitrogens is 1. The van der Waals surface area contributed by atoms with Crippen molar-refractivity contribution >= 4 is 23.5 Å². The van der Waals surface area contributed by atoms with Gasteiger partial charge in [0.1, 0.15) is 5.69 Å². The van der Waals surface area contributed by atoms with Crippen LogP contribution in [-0.2, 0) is 16.1 Å². The molecule has 1 heterocycles. The van der Waals surface area contributed by atoms with E-state index in [4.69, 9.17) is 35.7 Å². The van der Waals surface area contributed by atoms with Gasteiger partial charge in [-0.1, -0.05) is 11.6 Å². The van der Waals surface area contributed by atoms with Gasteiger partial charge < -0.3 is 34.4 Å². The summed E-state index contributed by atoms with van der Waals surface area (Å²) in [6.07, 6.45) is 0. The van der Waals surface area contributed by atoms with Gasteiger partial charge in [-0.05, 0) is 19.1 Å². The van der Waals surface area contributed by atoms with Gasteiger partial charge in [-0.15, -0.1) is 0 Å². The number of nitrogens with one attached hydrogen (secondary N) is 2. The molecule has 0 bridgehead atoms. The van der Waals surface area contributed by atoms with Crippen LogP contribution in [0.15, 0.2) is 12.1 Å². The zero-order valence-electron chi connectivity index (χ0n) is 16.6. The number of methoxy groups -OCH3 is 3. The normalized spacial score (nSPS) is 10.5. The van der Waals surface area contributed by atoms with Crippen LogP contribution in [0.25, 0.3) is 11.1 Å². The van der Waals surface area contributed by atoms with Gasteiger partial charge >= 0.3 is 11.9 Å². The highest BCUT2D eigenvalue weighted by molar-refractivity contribution is 6.36. The fourth-order valence-corrected chi connectivity index (χ4v) is 3.22. The molecule has 2 aromatic rings. The van der Waals surface area contributed by atoms with Gasteiger partial charge in [0.15, 0.2) is 11.5 Å². The Bertz CT molecular complexity index is 895. The Balaban J connectivity index is 2.66. The lowest BCUT2D eigenvalue weighted by atomic mass is 10.0. The molecule has 158 valence electrons. The van der Waals surface area contributed by atoms with Crippen LogP contribution in [0.3, 0.4) is 0 Å². The first-order valence-electron chi connectivity index (χ1n) is 8.68. The Morgan fingerprint density at radius 1 is 1.14 bits per heavy atom. The lowest BCUT2D eigenvalue weighted by Crippen LogP contribution is -2.22. The van der Waals surface area contributed by atoms with E-state index in [-0.39, 0.29) is 30.4 Å². The molecule has 0 spiro atoms. The van der Waals surface area contributed by atoms with E-state index in [2.05, 4.69) is 10.3 Å². The third-order valence-electron chi connectivity index (χ3n) is 4.05. The molecule has 0 fully saturated rings. The average Bonchev–Trinajstić information content (AvgIpc) is 3.02. The van der Waals surface area contributed by atoms with Gasteiger partial charge in [-0.25, -0.2) is 4.79 Å². The lowest BCUT2D eigenvalue weighted by molar-refractivity contribution is -0.136. The second-order valence-corrected chi connectivity index (χ2v) is 6.15. The zero-order valence-corrected chi connectivity index (χ0v) is 17.3. The number of hydrogen-bond donors (Lipinski definition) is 3. The maximum absolute atomic E-state index is 12.3. The van der Waals surface area contributed by atoms with Crippen LogP contribution >= 0.6 is 11.6 Å². The largest absolute Gasteiger partial charge is 0.493 e. The highest BCUT2D eigenvalue weighted by atomic mass is 35.5. The first-order valence-corrected chi connectivity index (χ1v) is 9.06. The first-order chi connectivity index (χ1) is 13.9. The van der Waals surface area contributed by atoms with E-state index in [0.717, 1.165) is 0 Å². The molecule has 0 atom stereocenters. The van der Waals surface area contributed by atoms with Crippen LogP contribution < -0.4 is 19.5 Å². The molecule has 0 aliphatic carbocycles. The van der Waals surface area contributed by atoms with Gasteiger partial charge in [-0.3, -0.25) is 4.79 Å². The second-order valence-electron chi connectivity index (χ2n) is 5.77. The van der Waals surface area contributed by atoms with Gasteiger partial charge in [0.25, 0.3) is 0 Å². The molecule has 0 saturated heterocycles. The van der Waals surface area contributed by atoms with E-state index in [1.165, 1.54) is 21.3 Å². The van der Waals surface area contributed by atoms with E-state index < -0.39 is 11.9 Å². The molecule has 0 unspecified atom stereocenters. The zero-order chi connectivity index (χ0) is 21.6. The number of carbonyl (C=O) groups excluding carboxylic acids is 1. The third-order valence-corrected chi connectivity index (χ3v) is 4.43. The number of rotatable bonds is 10. The van der Waals surface area contributed by atoms with E-state index in [9.17, 15) is 9.59 Å². The number of aromatic amines is 1. The number of esters is 1. The first kappa shape index (κ1) is 22.4. The van der Waals surface area contributed by atoms with Gasteiger partial charge in [0, 0.05) is 23.4 Å². The molecule has 2 rings (SSSR count). The van der Waals surface area contributed by atoms with Crippen molar-refractivity contribution in [1.29, 1.82) is 0 Å². The quantitative estimate of drug-likeness (QED) is 0.496. The van der Waals surface area contributed by atoms with Gasteiger partial charge in [0.05, 0.1) is 39.5 Å².